The molecular formula is C16H22O4. The van der Waals surface area contributed by atoms with Crippen LogP contribution in [0.15, 0.2) is 42.5 Å². The Morgan fingerprint density at radius 3 is 2.45 bits per heavy atom. The first kappa shape index (κ1) is 16.6. The second kappa shape index (κ2) is 9.42. The van der Waals surface area contributed by atoms with Crippen LogP contribution < -0.4 is 0 Å². The van der Waals surface area contributed by atoms with Crippen LogP contribution in [0.4, 0.5) is 0 Å². The average molecular weight is 278 g/mol. The molecule has 0 aliphatic carbocycles. The lowest BCUT2D eigenvalue weighted by Crippen LogP contribution is -2.18. The molecule has 0 fully saturated rings. The third-order valence-corrected chi connectivity index (χ3v) is 2.88. The fourth-order valence-corrected chi connectivity index (χ4v) is 1.60. The van der Waals surface area contributed by atoms with Gasteiger partial charge in [-0.15, -0.1) is 0 Å². The number of ether oxygens (including phenoxy) is 3. The summed E-state index contributed by atoms with van der Waals surface area (Å²) in [5.41, 5.74) is 1.05. The number of hydrogen-bond donors (Lipinski definition) is 0. The molecule has 0 saturated carbocycles. The Labute approximate surface area is 120 Å². The van der Waals surface area contributed by atoms with Crippen molar-refractivity contribution >= 4 is 5.78 Å². The molecule has 0 heterocycles. The summed E-state index contributed by atoms with van der Waals surface area (Å²) in [4.78, 5) is 11.8. The van der Waals surface area contributed by atoms with Gasteiger partial charge in [-0.25, -0.2) is 0 Å². The van der Waals surface area contributed by atoms with Gasteiger partial charge in [0, 0.05) is 20.6 Å². The van der Waals surface area contributed by atoms with E-state index in [2.05, 4.69) is 0 Å². The molecule has 20 heavy (non-hydrogen) atoms. The number of carbonyl (C=O) groups excluding carboxylic acids is 1. The van der Waals surface area contributed by atoms with E-state index in [1.165, 1.54) is 6.08 Å². The average Bonchev–Trinajstić information content (AvgIpc) is 2.50. The lowest BCUT2D eigenvalue weighted by atomic mass is 10.2. The quantitative estimate of drug-likeness (QED) is 0.514. The van der Waals surface area contributed by atoms with Gasteiger partial charge in [0.2, 0.25) is 0 Å². The van der Waals surface area contributed by atoms with Crippen molar-refractivity contribution in [1.82, 2.24) is 0 Å². The number of benzene rings is 1. The number of rotatable bonds is 9. The standard InChI is InChI=1S/C16H22O4/c1-13(20-12-14-8-5-4-6-9-14)15(17)10-7-11-16(18-2)19-3/h4-10,13,16H,11-12H2,1-3H3/b10-7+/t13-/m0/s1. The molecule has 0 bridgehead atoms. The van der Waals surface area contributed by atoms with Gasteiger partial charge in [0.1, 0.15) is 6.10 Å². The van der Waals surface area contributed by atoms with Gasteiger partial charge in [0.25, 0.3) is 0 Å². The maximum absolute atomic E-state index is 11.8. The molecular weight excluding hydrogens is 256 g/mol. The van der Waals surface area contributed by atoms with E-state index in [0.29, 0.717) is 13.0 Å². The smallest absolute Gasteiger partial charge is 0.183 e. The molecule has 4 nitrogen and oxygen atoms in total. The molecule has 0 unspecified atom stereocenters. The summed E-state index contributed by atoms with van der Waals surface area (Å²) < 4.78 is 15.6. The van der Waals surface area contributed by atoms with Crippen LogP contribution in [0, 0.1) is 0 Å². The fourth-order valence-electron chi connectivity index (χ4n) is 1.60. The van der Waals surface area contributed by atoms with E-state index in [4.69, 9.17) is 14.2 Å². The largest absolute Gasteiger partial charge is 0.366 e. The van der Waals surface area contributed by atoms with E-state index in [1.54, 1.807) is 27.2 Å². The van der Waals surface area contributed by atoms with Crippen LogP contribution in [0.1, 0.15) is 18.9 Å². The first-order chi connectivity index (χ1) is 9.67. The van der Waals surface area contributed by atoms with Crippen LogP contribution in [0.3, 0.4) is 0 Å². The molecule has 1 aromatic rings. The van der Waals surface area contributed by atoms with Crippen molar-refractivity contribution in [3.05, 3.63) is 48.0 Å². The summed E-state index contributed by atoms with van der Waals surface area (Å²) in [6, 6.07) is 9.77. The molecule has 4 heteroatoms. The first-order valence-corrected chi connectivity index (χ1v) is 6.59. The van der Waals surface area contributed by atoms with Crippen molar-refractivity contribution in [2.24, 2.45) is 0 Å². The molecule has 0 aliphatic heterocycles. The zero-order chi connectivity index (χ0) is 14.8. The highest BCUT2D eigenvalue weighted by Crippen LogP contribution is 2.05. The first-order valence-electron chi connectivity index (χ1n) is 6.59. The lowest BCUT2D eigenvalue weighted by molar-refractivity contribution is -0.125. The van der Waals surface area contributed by atoms with E-state index < -0.39 is 6.10 Å². The Balaban J connectivity index is 2.33. The van der Waals surface area contributed by atoms with E-state index in [-0.39, 0.29) is 12.1 Å². The number of hydrogen-bond acceptors (Lipinski definition) is 4. The summed E-state index contributed by atoms with van der Waals surface area (Å²) in [7, 11) is 3.13. The fraction of sp³-hybridized carbons (Fsp3) is 0.438. The van der Waals surface area contributed by atoms with Crippen LogP contribution in [0.2, 0.25) is 0 Å². The second-order valence-corrected chi connectivity index (χ2v) is 4.38. The van der Waals surface area contributed by atoms with Gasteiger partial charge in [-0.2, -0.15) is 0 Å². The van der Waals surface area contributed by atoms with Crippen molar-refractivity contribution in [3.63, 3.8) is 0 Å². The molecule has 0 aromatic heterocycles. The second-order valence-electron chi connectivity index (χ2n) is 4.38. The molecule has 0 spiro atoms. The van der Waals surface area contributed by atoms with Gasteiger partial charge >= 0.3 is 0 Å². The van der Waals surface area contributed by atoms with Gasteiger partial charge in [-0.3, -0.25) is 4.79 Å². The Hall–Kier alpha value is -1.49. The van der Waals surface area contributed by atoms with Crippen molar-refractivity contribution in [2.75, 3.05) is 14.2 Å². The van der Waals surface area contributed by atoms with Crippen LogP contribution in [-0.4, -0.2) is 32.4 Å². The molecule has 0 radical (unpaired) electrons. The van der Waals surface area contributed by atoms with Gasteiger partial charge in [-0.05, 0) is 18.6 Å². The summed E-state index contributed by atoms with van der Waals surface area (Å²) in [6.07, 6.45) is 3.00. The SMILES string of the molecule is COC(C/C=C/C(=O)[C@H](C)OCc1ccccc1)OC. The molecule has 0 aliphatic rings. The highest BCUT2D eigenvalue weighted by Gasteiger charge is 2.10. The zero-order valence-corrected chi connectivity index (χ0v) is 12.2. The highest BCUT2D eigenvalue weighted by molar-refractivity contribution is 5.93. The number of carbonyl (C=O) groups is 1. The van der Waals surface area contributed by atoms with Gasteiger partial charge < -0.3 is 14.2 Å². The van der Waals surface area contributed by atoms with E-state index >= 15 is 0 Å². The lowest BCUT2D eigenvalue weighted by Gasteiger charge is -2.11. The van der Waals surface area contributed by atoms with Crippen molar-refractivity contribution in [1.29, 1.82) is 0 Å². The van der Waals surface area contributed by atoms with Gasteiger partial charge in [0.05, 0.1) is 6.61 Å². The molecule has 0 N–H and O–H groups in total. The predicted molar refractivity (Wildman–Crippen MR) is 77.3 cm³/mol. The maximum atomic E-state index is 11.8. The zero-order valence-electron chi connectivity index (χ0n) is 12.2. The van der Waals surface area contributed by atoms with Crippen molar-refractivity contribution in [2.45, 2.75) is 32.3 Å². The van der Waals surface area contributed by atoms with Crippen LogP contribution in [0.5, 0.6) is 0 Å². The third-order valence-electron chi connectivity index (χ3n) is 2.88. The molecule has 1 atom stereocenters. The van der Waals surface area contributed by atoms with E-state index in [9.17, 15) is 4.79 Å². The maximum Gasteiger partial charge on any atom is 0.183 e. The van der Waals surface area contributed by atoms with Crippen LogP contribution in [0.25, 0.3) is 0 Å². The molecule has 0 amide bonds. The molecule has 0 saturated heterocycles. The van der Waals surface area contributed by atoms with Gasteiger partial charge in [0.15, 0.2) is 12.1 Å². The Bertz CT molecular complexity index is 410. The van der Waals surface area contributed by atoms with Gasteiger partial charge in [-0.1, -0.05) is 36.4 Å². The summed E-state index contributed by atoms with van der Waals surface area (Å²) in [5, 5.41) is 0. The monoisotopic (exact) mass is 278 g/mol. The normalized spacial score (nSPS) is 13.0. The minimum atomic E-state index is -0.463. The van der Waals surface area contributed by atoms with Crippen LogP contribution in [-0.2, 0) is 25.6 Å². The number of methoxy groups -OCH3 is 2. The van der Waals surface area contributed by atoms with E-state index in [0.717, 1.165) is 5.56 Å². The molecule has 110 valence electrons. The topological polar surface area (TPSA) is 44.8 Å². The summed E-state index contributed by atoms with van der Waals surface area (Å²) in [5.74, 6) is -0.0631. The van der Waals surface area contributed by atoms with Crippen molar-refractivity contribution < 1.29 is 19.0 Å². The molecule has 1 aromatic carbocycles. The Morgan fingerprint density at radius 1 is 1.20 bits per heavy atom. The van der Waals surface area contributed by atoms with Crippen LogP contribution >= 0.6 is 0 Å². The predicted octanol–water partition coefficient (Wildman–Crippen LogP) is 2.73. The highest BCUT2D eigenvalue weighted by atomic mass is 16.7. The minimum absolute atomic E-state index is 0.0631. The Morgan fingerprint density at radius 2 is 1.85 bits per heavy atom. The third kappa shape index (κ3) is 6.10. The van der Waals surface area contributed by atoms with Crippen molar-refractivity contribution in [3.8, 4) is 0 Å². The summed E-state index contributed by atoms with van der Waals surface area (Å²) in [6.45, 7) is 2.18. The summed E-state index contributed by atoms with van der Waals surface area (Å²) >= 11 is 0. The minimum Gasteiger partial charge on any atom is -0.366 e. The number of ketones is 1. The van der Waals surface area contributed by atoms with E-state index in [1.807, 2.05) is 30.3 Å². The molecule has 1 rings (SSSR count). The Kier molecular flexibility index (Phi) is 7.80.